The maximum Gasteiger partial charge on any atom is 0.270 e. The van der Waals surface area contributed by atoms with E-state index in [0.717, 1.165) is 10.9 Å². The van der Waals surface area contributed by atoms with Crippen molar-refractivity contribution in [2.75, 3.05) is 32.8 Å². The van der Waals surface area contributed by atoms with E-state index in [-0.39, 0.29) is 30.3 Å². The molecule has 2 aromatic rings. The van der Waals surface area contributed by atoms with Gasteiger partial charge < -0.3 is 19.9 Å². The van der Waals surface area contributed by atoms with Crippen LogP contribution in [-0.2, 0) is 4.79 Å². The lowest BCUT2D eigenvalue weighted by molar-refractivity contribution is -0.134. The van der Waals surface area contributed by atoms with Crippen LogP contribution in [0.4, 0.5) is 0 Å². The lowest BCUT2D eigenvalue weighted by Crippen LogP contribution is -2.41. The van der Waals surface area contributed by atoms with Gasteiger partial charge in [-0.3, -0.25) is 9.59 Å². The number of likely N-dealkylation sites (tertiary alicyclic amines) is 2. The third-order valence-corrected chi connectivity index (χ3v) is 5.93. The maximum absolute atomic E-state index is 13.0. The lowest BCUT2D eigenvalue weighted by Gasteiger charge is -2.27. The number of hydrogen-bond acceptors (Lipinski definition) is 3. The summed E-state index contributed by atoms with van der Waals surface area (Å²) in [6, 6.07) is 9.70. The number of carbonyl (C=O) groups excluding carboxylic acids is 2. The van der Waals surface area contributed by atoms with Crippen molar-refractivity contribution in [1.82, 2.24) is 14.8 Å². The van der Waals surface area contributed by atoms with Gasteiger partial charge in [-0.25, -0.2) is 0 Å². The van der Waals surface area contributed by atoms with Gasteiger partial charge in [0.05, 0.1) is 6.61 Å². The molecule has 3 heterocycles. The lowest BCUT2D eigenvalue weighted by atomic mass is 9.82. The van der Waals surface area contributed by atoms with Gasteiger partial charge in [0.15, 0.2) is 0 Å². The molecule has 0 aliphatic carbocycles. The van der Waals surface area contributed by atoms with Gasteiger partial charge in [0.2, 0.25) is 5.91 Å². The van der Waals surface area contributed by atoms with Crippen molar-refractivity contribution in [2.24, 2.45) is 17.3 Å². The number of aliphatic hydroxyl groups is 1. The Morgan fingerprint density at radius 3 is 2.58 bits per heavy atom. The first-order valence-corrected chi connectivity index (χ1v) is 9.20. The first kappa shape index (κ1) is 17.1. The number of rotatable bonds is 3. The zero-order chi connectivity index (χ0) is 18.5. The first-order chi connectivity index (χ1) is 12.4. The van der Waals surface area contributed by atoms with E-state index in [4.69, 9.17) is 0 Å². The number of nitrogens with one attached hydrogen (secondary N) is 1. The van der Waals surface area contributed by atoms with E-state index in [1.54, 1.807) is 0 Å². The predicted octanol–water partition coefficient (Wildman–Crippen LogP) is 1.72. The summed E-state index contributed by atoms with van der Waals surface area (Å²) in [5.74, 6) is 0.170. The number of H-pyrrole nitrogens is 1. The molecule has 4 rings (SSSR count). The minimum atomic E-state index is -0.397. The molecule has 0 bridgehead atoms. The van der Waals surface area contributed by atoms with Crippen LogP contribution < -0.4 is 0 Å². The molecule has 1 aromatic carbocycles. The smallest absolute Gasteiger partial charge is 0.270 e. The van der Waals surface area contributed by atoms with Crippen molar-refractivity contribution < 1.29 is 14.7 Å². The molecule has 138 valence electrons. The van der Waals surface area contributed by atoms with Crippen LogP contribution in [0.2, 0.25) is 0 Å². The quantitative estimate of drug-likeness (QED) is 0.880. The minimum absolute atomic E-state index is 0.00394. The van der Waals surface area contributed by atoms with Gasteiger partial charge in [0.25, 0.3) is 5.91 Å². The molecule has 6 nitrogen and oxygen atoms in total. The van der Waals surface area contributed by atoms with E-state index >= 15 is 0 Å². The molecule has 2 fully saturated rings. The van der Waals surface area contributed by atoms with Crippen LogP contribution >= 0.6 is 0 Å². The highest BCUT2D eigenvalue weighted by Crippen LogP contribution is 2.43. The third-order valence-electron chi connectivity index (χ3n) is 5.93. The summed E-state index contributed by atoms with van der Waals surface area (Å²) in [4.78, 5) is 32.2. The second-order valence-electron chi connectivity index (χ2n) is 8.05. The van der Waals surface area contributed by atoms with Crippen molar-refractivity contribution >= 4 is 22.7 Å². The number of aliphatic hydroxyl groups excluding tert-OH is 1. The fourth-order valence-corrected chi connectivity index (χ4v) is 4.45. The molecule has 0 spiro atoms. The molecule has 0 unspecified atom stereocenters. The number of carbonyl (C=O) groups is 2. The highest BCUT2D eigenvalue weighted by Gasteiger charge is 2.54. The molecule has 6 heteroatoms. The fourth-order valence-electron chi connectivity index (χ4n) is 4.45. The third kappa shape index (κ3) is 2.60. The summed E-state index contributed by atoms with van der Waals surface area (Å²) in [6.07, 6.45) is 0. The zero-order valence-electron chi connectivity index (χ0n) is 15.2. The number of aromatic amines is 1. The molecule has 2 aliphatic rings. The zero-order valence-corrected chi connectivity index (χ0v) is 15.2. The largest absolute Gasteiger partial charge is 0.396 e. The highest BCUT2D eigenvalue weighted by molar-refractivity contribution is 5.98. The van der Waals surface area contributed by atoms with Crippen LogP contribution in [0, 0.1) is 17.3 Å². The Balaban J connectivity index is 1.53. The molecular formula is C20H25N3O3. The van der Waals surface area contributed by atoms with Crippen LogP contribution in [0.1, 0.15) is 24.3 Å². The molecule has 0 saturated carbocycles. The van der Waals surface area contributed by atoms with Crippen LogP contribution in [-0.4, -0.2) is 64.5 Å². The van der Waals surface area contributed by atoms with E-state index in [1.807, 2.05) is 54.0 Å². The van der Waals surface area contributed by atoms with Crippen molar-refractivity contribution in [1.29, 1.82) is 0 Å². The Labute approximate surface area is 152 Å². The Morgan fingerprint density at radius 1 is 1.23 bits per heavy atom. The second kappa shape index (κ2) is 6.13. The Morgan fingerprint density at radius 2 is 1.92 bits per heavy atom. The van der Waals surface area contributed by atoms with Gasteiger partial charge in [-0.15, -0.1) is 0 Å². The molecule has 2 aliphatic heterocycles. The first-order valence-electron chi connectivity index (χ1n) is 9.20. The van der Waals surface area contributed by atoms with Crippen LogP contribution in [0.15, 0.2) is 30.3 Å². The number of amides is 2. The normalized spacial score (nSPS) is 25.3. The van der Waals surface area contributed by atoms with Crippen LogP contribution in [0.5, 0.6) is 0 Å². The SMILES string of the molecule is CC(C)C(=O)N1C[C@@H]2CN(C(=O)c3cc4ccccc4[nH]3)C[C@]2(CO)C1. The number of benzene rings is 1. The topological polar surface area (TPSA) is 76.6 Å². The van der Waals surface area contributed by atoms with E-state index in [0.29, 0.717) is 31.9 Å². The molecule has 1 aromatic heterocycles. The van der Waals surface area contributed by atoms with Crippen molar-refractivity contribution in [3.8, 4) is 0 Å². The monoisotopic (exact) mass is 355 g/mol. The average Bonchev–Trinajstić information content (AvgIpc) is 3.30. The van der Waals surface area contributed by atoms with Crippen molar-refractivity contribution in [2.45, 2.75) is 13.8 Å². The number of fused-ring (bicyclic) bond motifs is 2. The molecule has 2 saturated heterocycles. The standard InChI is InChI=1S/C20H25N3O3/c1-13(2)18(25)22-8-15-9-23(11-20(15,10-22)12-24)19(26)17-7-14-5-3-4-6-16(14)21-17/h3-7,13,15,21,24H,8-12H2,1-2H3/t15-,20+/m1/s1. The molecule has 2 N–H and O–H groups in total. The average molecular weight is 355 g/mol. The summed E-state index contributed by atoms with van der Waals surface area (Å²) in [5.41, 5.74) is 1.13. The van der Waals surface area contributed by atoms with Crippen LogP contribution in [0.25, 0.3) is 10.9 Å². The number of hydrogen-bond donors (Lipinski definition) is 2. The van der Waals surface area contributed by atoms with Gasteiger partial charge in [-0.1, -0.05) is 32.0 Å². The number of aromatic nitrogens is 1. The van der Waals surface area contributed by atoms with E-state index < -0.39 is 5.41 Å². The summed E-state index contributed by atoms with van der Waals surface area (Å²) in [5, 5.41) is 11.1. The van der Waals surface area contributed by atoms with Crippen molar-refractivity contribution in [3.63, 3.8) is 0 Å². The summed E-state index contributed by atoms with van der Waals surface area (Å²) in [6.45, 7) is 6.01. The Kier molecular flexibility index (Phi) is 4.03. The molecular weight excluding hydrogens is 330 g/mol. The van der Waals surface area contributed by atoms with Gasteiger partial charge >= 0.3 is 0 Å². The van der Waals surface area contributed by atoms with E-state index in [9.17, 15) is 14.7 Å². The molecule has 0 radical (unpaired) electrons. The van der Waals surface area contributed by atoms with E-state index in [1.165, 1.54) is 0 Å². The summed E-state index contributed by atoms with van der Waals surface area (Å²) in [7, 11) is 0. The Hall–Kier alpha value is -2.34. The van der Waals surface area contributed by atoms with Gasteiger partial charge in [-0.05, 0) is 12.1 Å². The Bertz CT molecular complexity index is 826. The molecule has 2 atom stereocenters. The minimum Gasteiger partial charge on any atom is -0.396 e. The maximum atomic E-state index is 13.0. The van der Waals surface area contributed by atoms with Gasteiger partial charge in [-0.2, -0.15) is 0 Å². The number of para-hydroxylation sites is 1. The summed E-state index contributed by atoms with van der Waals surface area (Å²) < 4.78 is 0. The molecule has 2 amide bonds. The van der Waals surface area contributed by atoms with E-state index in [2.05, 4.69) is 4.98 Å². The van der Waals surface area contributed by atoms with Crippen LogP contribution in [0.3, 0.4) is 0 Å². The summed E-state index contributed by atoms with van der Waals surface area (Å²) >= 11 is 0. The van der Waals surface area contributed by atoms with Crippen molar-refractivity contribution in [3.05, 3.63) is 36.0 Å². The highest BCUT2D eigenvalue weighted by atomic mass is 16.3. The number of nitrogens with zero attached hydrogens (tertiary/aromatic N) is 2. The molecule has 26 heavy (non-hydrogen) atoms. The second-order valence-corrected chi connectivity index (χ2v) is 8.05. The van der Waals surface area contributed by atoms with Gasteiger partial charge in [0, 0.05) is 54.3 Å². The fraction of sp³-hybridized carbons (Fsp3) is 0.500. The predicted molar refractivity (Wildman–Crippen MR) is 98.6 cm³/mol. The van der Waals surface area contributed by atoms with Gasteiger partial charge in [0.1, 0.15) is 5.69 Å².